The zero-order chi connectivity index (χ0) is 29.7. The van der Waals surface area contributed by atoms with Crippen LogP contribution in [0.2, 0.25) is 0 Å². The van der Waals surface area contributed by atoms with Crippen LogP contribution in [0.1, 0.15) is 5.56 Å². The van der Waals surface area contributed by atoms with E-state index in [-0.39, 0.29) is 0 Å². The lowest BCUT2D eigenvalue weighted by Gasteiger charge is -2.27. The molecule has 3 aromatic heterocycles. The number of hydrogen-bond acceptors (Lipinski definition) is 5. The Morgan fingerprint density at radius 3 is 1.93 bits per heavy atom. The molecule has 0 saturated heterocycles. The Morgan fingerprint density at radius 2 is 1.22 bits per heavy atom. The van der Waals surface area contributed by atoms with E-state index in [1.807, 2.05) is 6.07 Å². The second kappa shape index (κ2) is 10.3. The lowest BCUT2D eigenvalue weighted by molar-refractivity contribution is 0.628. The Morgan fingerprint density at radius 1 is 0.556 bits per heavy atom. The summed E-state index contributed by atoms with van der Waals surface area (Å²) in [6.45, 7) is 0.757. The van der Waals surface area contributed by atoms with Gasteiger partial charge >= 0.3 is 0 Å². The number of rotatable bonds is 5. The van der Waals surface area contributed by atoms with Crippen molar-refractivity contribution in [1.82, 2.24) is 4.98 Å². The summed E-state index contributed by atoms with van der Waals surface area (Å²) in [6, 6.07) is 44.7. The SMILES string of the molecule is C1=Cc2c(oc3cc(N(c4cc(-c5ccccc5)cc(-c5ccccc5)c4)c4ccc5c(c4)oc4ncccc45)ccc23)NC1. The van der Waals surface area contributed by atoms with Gasteiger partial charge in [0.25, 0.3) is 0 Å². The number of hydrogen-bond donors (Lipinski definition) is 1. The molecule has 45 heavy (non-hydrogen) atoms. The van der Waals surface area contributed by atoms with Crippen LogP contribution in [0.3, 0.4) is 0 Å². The van der Waals surface area contributed by atoms with E-state index in [0.29, 0.717) is 5.71 Å². The average molecular weight is 582 g/mol. The molecule has 0 radical (unpaired) electrons. The molecule has 0 amide bonds. The van der Waals surface area contributed by atoms with Gasteiger partial charge in [0.05, 0.1) is 0 Å². The van der Waals surface area contributed by atoms with Crippen LogP contribution in [-0.4, -0.2) is 11.5 Å². The Balaban J connectivity index is 1.29. The molecule has 4 heterocycles. The molecule has 5 nitrogen and oxygen atoms in total. The van der Waals surface area contributed by atoms with Gasteiger partial charge in [-0.05, 0) is 76.9 Å². The summed E-state index contributed by atoms with van der Waals surface area (Å²) in [5.74, 6) is 0.810. The van der Waals surface area contributed by atoms with Gasteiger partial charge in [0.15, 0.2) is 0 Å². The fourth-order valence-electron chi connectivity index (χ4n) is 6.39. The Bertz CT molecular complexity index is 2330. The molecular weight excluding hydrogens is 554 g/mol. The van der Waals surface area contributed by atoms with Crippen molar-refractivity contribution >= 4 is 62.1 Å². The largest absolute Gasteiger partial charge is 0.440 e. The molecule has 5 aromatic carbocycles. The van der Waals surface area contributed by atoms with Crippen molar-refractivity contribution in [1.29, 1.82) is 0 Å². The number of anilines is 4. The van der Waals surface area contributed by atoms with Crippen molar-refractivity contribution in [3.63, 3.8) is 0 Å². The smallest absolute Gasteiger partial charge is 0.227 e. The minimum Gasteiger partial charge on any atom is -0.440 e. The van der Waals surface area contributed by atoms with E-state index >= 15 is 0 Å². The molecule has 0 atom stereocenters. The van der Waals surface area contributed by atoms with Crippen LogP contribution in [0.25, 0.3) is 61.4 Å². The van der Waals surface area contributed by atoms with Gasteiger partial charge in [-0.15, -0.1) is 0 Å². The predicted molar refractivity (Wildman–Crippen MR) is 184 cm³/mol. The van der Waals surface area contributed by atoms with E-state index in [9.17, 15) is 0 Å². The van der Waals surface area contributed by atoms with Gasteiger partial charge in [0.2, 0.25) is 11.6 Å². The fraction of sp³-hybridized carbons (Fsp3) is 0.0250. The Hall–Kier alpha value is -6.07. The third kappa shape index (κ3) is 4.36. The first-order valence-electron chi connectivity index (χ1n) is 15.1. The van der Waals surface area contributed by atoms with Gasteiger partial charge in [0.1, 0.15) is 11.2 Å². The minimum absolute atomic E-state index is 0.636. The average Bonchev–Trinajstić information content (AvgIpc) is 3.67. The second-order valence-electron chi connectivity index (χ2n) is 11.3. The lowest BCUT2D eigenvalue weighted by atomic mass is 9.97. The van der Waals surface area contributed by atoms with E-state index < -0.39 is 0 Å². The van der Waals surface area contributed by atoms with Crippen LogP contribution in [0.5, 0.6) is 0 Å². The molecule has 1 N–H and O–H groups in total. The molecule has 5 heteroatoms. The third-order valence-corrected chi connectivity index (χ3v) is 8.52. The molecule has 0 spiro atoms. The van der Waals surface area contributed by atoms with Crippen LogP contribution in [-0.2, 0) is 0 Å². The Kier molecular flexibility index (Phi) is 5.81. The molecule has 0 unspecified atom stereocenters. The summed E-state index contributed by atoms with van der Waals surface area (Å²) < 4.78 is 12.6. The molecule has 0 fully saturated rings. The van der Waals surface area contributed by atoms with E-state index in [4.69, 9.17) is 8.83 Å². The Labute approximate surface area is 259 Å². The molecule has 0 saturated carbocycles. The number of pyridine rings is 1. The maximum atomic E-state index is 6.33. The molecule has 9 rings (SSSR count). The summed E-state index contributed by atoms with van der Waals surface area (Å²) in [5.41, 5.74) is 10.9. The van der Waals surface area contributed by atoms with E-state index in [1.54, 1.807) is 6.20 Å². The maximum absolute atomic E-state index is 6.33. The predicted octanol–water partition coefficient (Wildman–Crippen LogP) is 11.0. The van der Waals surface area contributed by atoms with Crippen LogP contribution in [0.15, 0.2) is 149 Å². The highest BCUT2D eigenvalue weighted by molar-refractivity contribution is 6.05. The van der Waals surface area contributed by atoms with E-state index in [0.717, 1.165) is 84.6 Å². The number of nitrogens with zero attached hydrogens (tertiary/aromatic N) is 2. The van der Waals surface area contributed by atoms with Crippen molar-refractivity contribution in [2.24, 2.45) is 0 Å². The quantitative estimate of drug-likeness (QED) is 0.219. The van der Waals surface area contributed by atoms with Gasteiger partial charge in [-0.25, -0.2) is 4.98 Å². The van der Waals surface area contributed by atoms with Crippen LogP contribution < -0.4 is 10.2 Å². The summed E-state index contributed by atoms with van der Waals surface area (Å²) in [7, 11) is 0. The first-order chi connectivity index (χ1) is 22.3. The number of aromatic nitrogens is 1. The zero-order valence-electron chi connectivity index (χ0n) is 24.3. The topological polar surface area (TPSA) is 54.4 Å². The van der Waals surface area contributed by atoms with Gasteiger partial charge in [-0.1, -0.05) is 72.8 Å². The van der Waals surface area contributed by atoms with Crippen LogP contribution in [0, 0.1) is 0 Å². The van der Waals surface area contributed by atoms with Crippen molar-refractivity contribution in [3.8, 4) is 22.3 Å². The van der Waals surface area contributed by atoms with Gasteiger partial charge in [-0.3, -0.25) is 0 Å². The number of benzene rings is 5. The normalized spacial score (nSPS) is 12.4. The summed E-state index contributed by atoms with van der Waals surface area (Å²) in [6.07, 6.45) is 6.02. The van der Waals surface area contributed by atoms with E-state index in [1.165, 1.54) is 0 Å². The standard InChI is InChI=1S/C40H27N3O2/c1-3-9-26(10-4-1)28-21-29(27-11-5-2-6-12-27)23-32(22-28)43(30-15-17-33-35-13-7-19-41-39(35)44-37(33)24-30)31-16-18-34-36-14-8-20-42-40(36)45-38(34)25-31/h1-19,21-25,42H,20H2. The zero-order valence-corrected chi connectivity index (χ0v) is 24.3. The maximum Gasteiger partial charge on any atom is 0.227 e. The first kappa shape index (κ1) is 25.4. The second-order valence-corrected chi connectivity index (χ2v) is 11.3. The van der Waals surface area contributed by atoms with Crippen molar-refractivity contribution in [3.05, 3.63) is 145 Å². The van der Waals surface area contributed by atoms with Crippen molar-refractivity contribution < 1.29 is 8.83 Å². The highest BCUT2D eigenvalue weighted by Crippen LogP contribution is 2.43. The number of furan rings is 2. The molecular formula is C40H27N3O2. The lowest BCUT2D eigenvalue weighted by Crippen LogP contribution is -2.10. The molecule has 1 aliphatic heterocycles. The minimum atomic E-state index is 0.636. The van der Waals surface area contributed by atoms with Crippen LogP contribution >= 0.6 is 0 Å². The molecule has 0 bridgehead atoms. The van der Waals surface area contributed by atoms with Gasteiger partial charge in [-0.2, -0.15) is 0 Å². The molecule has 8 aromatic rings. The summed E-state index contributed by atoms with van der Waals surface area (Å²) in [5, 5.41) is 6.49. The third-order valence-electron chi connectivity index (χ3n) is 8.52. The molecule has 214 valence electrons. The highest BCUT2D eigenvalue weighted by Gasteiger charge is 2.21. The summed E-state index contributed by atoms with van der Waals surface area (Å²) in [4.78, 5) is 6.74. The number of nitrogens with one attached hydrogen (secondary N) is 1. The van der Waals surface area contributed by atoms with Crippen molar-refractivity contribution in [2.75, 3.05) is 16.8 Å². The number of fused-ring (bicyclic) bond motifs is 6. The van der Waals surface area contributed by atoms with Gasteiger partial charge < -0.3 is 19.1 Å². The monoisotopic (exact) mass is 581 g/mol. The molecule has 1 aliphatic rings. The fourth-order valence-corrected chi connectivity index (χ4v) is 6.39. The first-order valence-corrected chi connectivity index (χ1v) is 15.1. The highest BCUT2D eigenvalue weighted by atomic mass is 16.4. The van der Waals surface area contributed by atoms with E-state index in [2.05, 4.69) is 149 Å². The van der Waals surface area contributed by atoms with Gasteiger partial charge in [0, 0.05) is 63.7 Å². The van der Waals surface area contributed by atoms with Crippen molar-refractivity contribution in [2.45, 2.75) is 0 Å². The molecule has 0 aliphatic carbocycles. The summed E-state index contributed by atoms with van der Waals surface area (Å²) >= 11 is 0. The van der Waals surface area contributed by atoms with Crippen LogP contribution in [0.4, 0.5) is 22.9 Å².